The maximum Gasteiger partial charge on any atom is 0.170 e. The van der Waals surface area contributed by atoms with Crippen molar-refractivity contribution in [3.63, 3.8) is 0 Å². The number of nitrogens with zero attached hydrogens (tertiary/aromatic N) is 1. The van der Waals surface area contributed by atoms with Crippen molar-refractivity contribution in [1.82, 2.24) is 5.32 Å². The first-order valence-electron chi connectivity index (χ1n) is 9.66. The minimum Gasteiger partial charge on any atom is -0.362 e. The maximum atomic E-state index is 5.42. The molecule has 144 valence electrons. The quantitative estimate of drug-likeness (QED) is 0.502. The van der Waals surface area contributed by atoms with E-state index in [9.17, 15) is 0 Å². The first-order valence-corrected chi connectivity index (χ1v) is 10.1. The zero-order valence-electron chi connectivity index (χ0n) is 16.4. The molecule has 0 radical (unpaired) electrons. The molecule has 0 amide bonds. The van der Waals surface area contributed by atoms with Crippen molar-refractivity contribution in [2.75, 3.05) is 16.8 Å². The van der Waals surface area contributed by atoms with Crippen LogP contribution in [0.15, 0.2) is 84.9 Å². The Morgan fingerprint density at radius 1 is 0.821 bits per heavy atom. The summed E-state index contributed by atoms with van der Waals surface area (Å²) in [6.45, 7) is 5.21. The first-order chi connectivity index (χ1) is 13.6. The van der Waals surface area contributed by atoms with Gasteiger partial charge in [-0.05, 0) is 74.4 Å². The Hall–Kier alpha value is -2.85. The summed E-state index contributed by atoms with van der Waals surface area (Å²) in [4.78, 5) is 2.32. The van der Waals surface area contributed by atoms with Crippen LogP contribution in [0.3, 0.4) is 0 Å². The van der Waals surface area contributed by atoms with Gasteiger partial charge >= 0.3 is 0 Å². The lowest BCUT2D eigenvalue weighted by molar-refractivity contribution is 0.789. The predicted molar refractivity (Wildman–Crippen MR) is 125 cm³/mol. The Kier molecular flexibility index (Phi) is 7.04. The Morgan fingerprint density at radius 2 is 1.39 bits per heavy atom. The van der Waals surface area contributed by atoms with Crippen LogP contribution in [0, 0.1) is 0 Å². The van der Waals surface area contributed by atoms with E-state index in [1.54, 1.807) is 0 Å². The van der Waals surface area contributed by atoms with Crippen LogP contribution in [-0.2, 0) is 6.42 Å². The SMILES string of the molecule is CC(C)N(c1ccccc1)c1ccc(NC(=S)NCCc2ccccc2)cc1. The van der Waals surface area contributed by atoms with Crippen molar-refractivity contribution in [2.24, 2.45) is 0 Å². The van der Waals surface area contributed by atoms with E-state index < -0.39 is 0 Å². The van der Waals surface area contributed by atoms with Gasteiger partial charge in [-0.25, -0.2) is 0 Å². The summed E-state index contributed by atoms with van der Waals surface area (Å²) in [7, 11) is 0. The number of anilines is 3. The Labute approximate surface area is 173 Å². The Balaban J connectivity index is 1.56. The second-order valence-electron chi connectivity index (χ2n) is 6.96. The van der Waals surface area contributed by atoms with Crippen LogP contribution < -0.4 is 15.5 Å². The fourth-order valence-electron chi connectivity index (χ4n) is 3.18. The lowest BCUT2D eigenvalue weighted by Gasteiger charge is -2.29. The lowest BCUT2D eigenvalue weighted by Crippen LogP contribution is -2.30. The Morgan fingerprint density at radius 3 is 2.00 bits per heavy atom. The highest BCUT2D eigenvalue weighted by atomic mass is 32.1. The molecule has 0 aliphatic carbocycles. The van der Waals surface area contributed by atoms with Gasteiger partial charge in [0.15, 0.2) is 5.11 Å². The molecule has 0 spiro atoms. The second-order valence-corrected chi connectivity index (χ2v) is 7.37. The van der Waals surface area contributed by atoms with Gasteiger partial charge in [-0.1, -0.05) is 48.5 Å². The minimum absolute atomic E-state index is 0.363. The predicted octanol–water partition coefficient (Wildman–Crippen LogP) is 5.76. The molecule has 3 nitrogen and oxygen atoms in total. The van der Waals surface area contributed by atoms with E-state index in [0.717, 1.165) is 24.3 Å². The molecular formula is C24H27N3S. The fraction of sp³-hybridized carbons (Fsp3) is 0.208. The fourth-order valence-corrected chi connectivity index (χ4v) is 3.40. The summed E-state index contributed by atoms with van der Waals surface area (Å²) in [6.07, 6.45) is 0.946. The molecule has 0 unspecified atom stereocenters. The van der Waals surface area contributed by atoms with E-state index >= 15 is 0 Å². The molecule has 0 fully saturated rings. The molecule has 0 aliphatic rings. The summed E-state index contributed by atoms with van der Waals surface area (Å²) in [5.41, 5.74) is 4.64. The molecule has 3 aromatic rings. The summed E-state index contributed by atoms with van der Waals surface area (Å²) >= 11 is 5.42. The van der Waals surface area contributed by atoms with Crippen molar-refractivity contribution >= 4 is 34.4 Å². The lowest BCUT2D eigenvalue weighted by atomic mass is 10.1. The first kappa shape index (κ1) is 19.9. The van der Waals surface area contributed by atoms with E-state index in [2.05, 4.69) is 102 Å². The van der Waals surface area contributed by atoms with Crippen LogP contribution in [0.1, 0.15) is 19.4 Å². The largest absolute Gasteiger partial charge is 0.362 e. The van der Waals surface area contributed by atoms with Gasteiger partial charge in [-0.3, -0.25) is 0 Å². The van der Waals surface area contributed by atoms with E-state index in [4.69, 9.17) is 12.2 Å². The zero-order chi connectivity index (χ0) is 19.8. The highest BCUT2D eigenvalue weighted by Gasteiger charge is 2.12. The van der Waals surface area contributed by atoms with Crippen molar-refractivity contribution in [2.45, 2.75) is 26.3 Å². The summed E-state index contributed by atoms with van der Waals surface area (Å²) in [5.74, 6) is 0. The highest BCUT2D eigenvalue weighted by molar-refractivity contribution is 7.80. The summed E-state index contributed by atoms with van der Waals surface area (Å²) in [6, 6.07) is 29.6. The van der Waals surface area contributed by atoms with Crippen molar-refractivity contribution in [3.8, 4) is 0 Å². The molecule has 0 saturated carbocycles. The average molecular weight is 390 g/mol. The van der Waals surface area contributed by atoms with Crippen LogP contribution in [0.2, 0.25) is 0 Å². The van der Waals surface area contributed by atoms with Gasteiger partial charge in [0.1, 0.15) is 0 Å². The third-order valence-corrected chi connectivity index (χ3v) is 4.74. The molecule has 3 rings (SSSR count). The van der Waals surface area contributed by atoms with Crippen LogP contribution in [0.4, 0.5) is 17.1 Å². The standard InChI is InChI=1S/C24H27N3S/c1-19(2)27(22-11-7-4-8-12-22)23-15-13-21(14-16-23)26-24(28)25-18-17-20-9-5-3-6-10-20/h3-16,19H,17-18H2,1-2H3,(H2,25,26,28). The normalized spacial score (nSPS) is 10.5. The molecule has 0 atom stereocenters. The van der Waals surface area contributed by atoms with E-state index in [-0.39, 0.29) is 0 Å². The van der Waals surface area contributed by atoms with Crippen LogP contribution in [-0.4, -0.2) is 17.7 Å². The van der Waals surface area contributed by atoms with Crippen molar-refractivity contribution in [3.05, 3.63) is 90.5 Å². The van der Waals surface area contributed by atoms with E-state index in [0.29, 0.717) is 11.2 Å². The molecule has 0 aliphatic heterocycles. The number of para-hydroxylation sites is 1. The third kappa shape index (κ3) is 5.57. The number of benzene rings is 3. The van der Waals surface area contributed by atoms with Gasteiger partial charge in [-0.15, -0.1) is 0 Å². The molecule has 2 N–H and O–H groups in total. The molecule has 0 aromatic heterocycles. The van der Waals surface area contributed by atoms with Gasteiger partial charge in [-0.2, -0.15) is 0 Å². The molecule has 3 aromatic carbocycles. The maximum absolute atomic E-state index is 5.42. The molecule has 0 bridgehead atoms. The molecular weight excluding hydrogens is 362 g/mol. The summed E-state index contributed by atoms with van der Waals surface area (Å²) < 4.78 is 0. The number of nitrogens with one attached hydrogen (secondary N) is 2. The minimum atomic E-state index is 0.363. The van der Waals surface area contributed by atoms with Gasteiger partial charge in [0.2, 0.25) is 0 Å². The molecule has 0 heterocycles. The number of hydrogen-bond donors (Lipinski definition) is 2. The van der Waals surface area contributed by atoms with Crippen LogP contribution >= 0.6 is 12.2 Å². The van der Waals surface area contributed by atoms with Crippen LogP contribution in [0.5, 0.6) is 0 Å². The van der Waals surface area contributed by atoms with E-state index in [1.807, 2.05) is 12.1 Å². The third-order valence-electron chi connectivity index (χ3n) is 4.50. The monoisotopic (exact) mass is 389 g/mol. The second kappa shape index (κ2) is 9.90. The average Bonchev–Trinajstić information content (AvgIpc) is 2.71. The zero-order valence-corrected chi connectivity index (χ0v) is 17.2. The molecule has 4 heteroatoms. The topological polar surface area (TPSA) is 27.3 Å². The van der Waals surface area contributed by atoms with Gasteiger partial charge in [0, 0.05) is 29.6 Å². The Bertz CT molecular complexity index is 861. The number of hydrogen-bond acceptors (Lipinski definition) is 2. The van der Waals surface area contributed by atoms with Crippen LogP contribution in [0.25, 0.3) is 0 Å². The molecule has 0 saturated heterocycles. The number of thiocarbonyl (C=S) groups is 1. The smallest absolute Gasteiger partial charge is 0.170 e. The summed E-state index contributed by atoms with van der Waals surface area (Å²) in [5, 5.41) is 7.18. The number of rotatable bonds is 7. The van der Waals surface area contributed by atoms with E-state index in [1.165, 1.54) is 11.3 Å². The molecule has 28 heavy (non-hydrogen) atoms. The van der Waals surface area contributed by atoms with Gasteiger partial charge < -0.3 is 15.5 Å². The highest BCUT2D eigenvalue weighted by Crippen LogP contribution is 2.28. The van der Waals surface area contributed by atoms with Crippen molar-refractivity contribution < 1.29 is 0 Å². The van der Waals surface area contributed by atoms with Gasteiger partial charge in [0.25, 0.3) is 0 Å². The van der Waals surface area contributed by atoms with Crippen molar-refractivity contribution in [1.29, 1.82) is 0 Å². The van der Waals surface area contributed by atoms with Gasteiger partial charge in [0.05, 0.1) is 0 Å².